The molecular weight excluding hydrogens is 306 g/mol. The molecule has 3 rings (SSSR count). The van der Waals surface area contributed by atoms with Crippen LogP contribution in [0.15, 0.2) is 53.8 Å². The molecule has 5 nitrogen and oxygen atoms in total. The Hall–Kier alpha value is -3.08. The molecule has 0 atom stereocenters. The van der Waals surface area contributed by atoms with E-state index in [4.69, 9.17) is 4.74 Å². The second-order valence-electron chi connectivity index (χ2n) is 5.37. The minimum absolute atomic E-state index is 0.120. The Labute approximate surface area is 138 Å². The van der Waals surface area contributed by atoms with E-state index in [1.165, 1.54) is 4.57 Å². The molecule has 0 unspecified atom stereocenters. The average Bonchev–Trinajstić information content (AvgIpc) is 2.58. The fraction of sp³-hybridized carbons (Fsp3) is 0.158. The molecule has 0 saturated heterocycles. The zero-order valence-electron chi connectivity index (χ0n) is 13.3. The van der Waals surface area contributed by atoms with Crippen molar-refractivity contribution in [2.45, 2.75) is 13.5 Å². The van der Waals surface area contributed by atoms with Crippen LogP contribution in [0.4, 0.5) is 0 Å². The summed E-state index contributed by atoms with van der Waals surface area (Å²) < 4.78 is 6.34. The lowest BCUT2D eigenvalue weighted by Gasteiger charge is -2.14. The Kier molecular flexibility index (Phi) is 4.08. The summed E-state index contributed by atoms with van der Waals surface area (Å²) in [5.74, 6) is -1.17. The maximum atomic E-state index is 12.7. The largest absolute Gasteiger partial charge is 0.506 e. The van der Waals surface area contributed by atoms with Crippen LogP contribution in [0.25, 0.3) is 21.7 Å². The van der Waals surface area contributed by atoms with E-state index < -0.39 is 11.5 Å². The van der Waals surface area contributed by atoms with E-state index in [1.807, 2.05) is 30.3 Å². The molecule has 0 aliphatic carbocycles. The van der Waals surface area contributed by atoms with Crippen LogP contribution in [-0.2, 0) is 11.3 Å². The van der Waals surface area contributed by atoms with E-state index in [0.717, 1.165) is 10.8 Å². The van der Waals surface area contributed by atoms with E-state index in [9.17, 15) is 14.7 Å². The van der Waals surface area contributed by atoms with Gasteiger partial charge in [-0.1, -0.05) is 30.3 Å². The van der Waals surface area contributed by atoms with E-state index in [1.54, 1.807) is 19.1 Å². The molecule has 0 aliphatic rings. The zero-order valence-corrected chi connectivity index (χ0v) is 13.3. The zero-order chi connectivity index (χ0) is 17.3. The molecule has 0 bridgehead atoms. The summed E-state index contributed by atoms with van der Waals surface area (Å²) in [6.07, 6.45) is 1.57. The summed E-state index contributed by atoms with van der Waals surface area (Å²) in [4.78, 5) is 24.8. The fourth-order valence-electron chi connectivity index (χ4n) is 2.82. The van der Waals surface area contributed by atoms with Gasteiger partial charge in [0, 0.05) is 11.9 Å². The number of rotatable bonds is 4. The van der Waals surface area contributed by atoms with Gasteiger partial charge in [0.05, 0.1) is 12.1 Å². The van der Waals surface area contributed by atoms with Crippen LogP contribution in [0.5, 0.6) is 5.75 Å². The van der Waals surface area contributed by atoms with Crippen molar-refractivity contribution in [2.24, 2.45) is 0 Å². The third-order valence-electron chi connectivity index (χ3n) is 3.90. The quantitative estimate of drug-likeness (QED) is 0.455. The van der Waals surface area contributed by atoms with Crippen molar-refractivity contribution in [1.29, 1.82) is 0 Å². The van der Waals surface area contributed by atoms with E-state index in [-0.39, 0.29) is 24.5 Å². The monoisotopic (exact) mass is 323 g/mol. The number of carbonyl (C=O) groups is 1. The topological polar surface area (TPSA) is 68.5 Å². The third-order valence-corrected chi connectivity index (χ3v) is 3.90. The number of aromatic hydroxyl groups is 1. The molecule has 5 heteroatoms. The van der Waals surface area contributed by atoms with Gasteiger partial charge in [-0.25, -0.2) is 4.79 Å². The van der Waals surface area contributed by atoms with Crippen LogP contribution < -0.4 is 5.56 Å². The highest BCUT2D eigenvalue weighted by Crippen LogP contribution is 2.30. The molecule has 24 heavy (non-hydrogen) atoms. The number of pyridine rings is 1. The molecule has 1 N–H and O–H groups in total. The number of ether oxygens (including phenoxy) is 1. The van der Waals surface area contributed by atoms with Gasteiger partial charge in [0.1, 0.15) is 5.75 Å². The van der Waals surface area contributed by atoms with Crippen LogP contribution in [0.3, 0.4) is 0 Å². The standard InChI is InChI=1S/C19H17NO4/c1-3-9-20-15-11-13-8-6-5-7-12(13)10-14(15)17(21)16(18(20)22)19(23)24-4-2/h3,5-8,10-11,21H,1,4,9H2,2H3. The minimum atomic E-state index is -0.826. The van der Waals surface area contributed by atoms with Crippen molar-refractivity contribution < 1.29 is 14.6 Å². The summed E-state index contributed by atoms with van der Waals surface area (Å²) in [6, 6.07) is 11.2. The number of hydrogen-bond donors (Lipinski definition) is 1. The van der Waals surface area contributed by atoms with Gasteiger partial charge in [0.2, 0.25) is 0 Å². The van der Waals surface area contributed by atoms with E-state index in [0.29, 0.717) is 10.9 Å². The number of allylic oxidation sites excluding steroid dienone is 1. The molecule has 1 aromatic heterocycles. The van der Waals surface area contributed by atoms with Crippen molar-refractivity contribution >= 4 is 27.6 Å². The maximum absolute atomic E-state index is 12.7. The number of benzene rings is 2. The van der Waals surface area contributed by atoms with Crippen molar-refractivity contribution in [1.82, 2.24) is 4.57 Å². The Morgan fingerprint density at radius 3 is 2.58 bits per heavy atom. The smallest absolute Gasteiger partial charge is 0.347 e. The number of aromatic nitrogens is 1. The first-order chi connectivity index (χ1) is 11.6. The normalized spacial score (nSPS) is 10.9. The van der Waals surface area contributed by atoms with Crippen LogP contribution in [0.2, 0.25) is 0 Å². The first-order valence-electron chi connectivity index (χ1n) is 7.64. The van der Waals surface area contributed by atoms with Crippen LogP contribution in [-0.4, -0.2) is 22.2 Å². The summed E-state index contributed by atoms with van der Waals surface area (Å²) in [6.45, 7) is 5.65. The van der Waals surface area contributed by atoms with Crippen molar-refractivity contribution in [3.8, 4) is 5.75 Å². The molecule has 0 aliphatic heterocycles. The Balaban J connectivity index is 2.46. The molecule has 0 radical (unpaired) electrons. The summed E-state index contributed by atoms with van der Waals surface area (Å²) in [7, 11) is 0. The molecule has 0 fully saturated rings. The van der Waals surface area contributed by atoms with Crippen molar-refractivity contribution in [2.75, 3.05) is 6.61 Å². The molecule has 0 amide bonds. The summed E-state index contributed by atoms with van der Waals surface area (Å²) in [5.41, 5.74) is -0.390. The number of fused-ring (bicyclic) bond motifs is 2. The first-order valence-corrected chi connectivity index (χ1v) is 7.64. The lowest BCUT2D eigenvalue weighted by Crippen LogP contribution is -2.27. The SMILES string of the molecule is C=CCn1c(=O)c(C(=O)OCC)c(O)c2cc3ccccc3cc21. The third kappa shape index (κ3) is 2.44. The van der Waals surface area contributed by atoms with Crippen LogP contribution >= 0.6 is 0 Å². The van der Waals surface area contributed by atoms with Gasteiger partial charge in [0.15, 0.2) is 5.56 Å². The maximum Gasteiger partial charge on any atom is 0.347 e. The first kappa shape index (κ1) is 15.8. The minimum Gasteiger partial charge on any atom is -0.506 e. The van der Waals surface area contributed by atoms with Gasteiger partial charge in [-0.15, -0.1) is 6.58 Å². The fourth-order valence-corrected chi connectivity index (χ4v) is 2.82. The van der Waals surface area contributed by atoms with Gasteiger partial charge >= 0.3 is 5.97 Å². The van der Waals surface area contributed by atoms with Gasteiger partial charge in [-0.3, -0.25) is 4.79 Å². The number of esters is 1. The number of hydrogen-bond acceptors (Lipinski definition) is 4. The Morgan fingerprint density at radius 2 is 1.96 bits per heavy atom. The average molecular weight is 323 g/mol. The second-order valence-corrected chi connectivity index (χ2v) is 5.37. The summed E-state index contributed by atoms with van der Waals surface area (Å²) >= 11 is 0. The lowest BCUT2D eigenvalue weighted by molar-refractivity contribution is 0.0520. The van der Waals surface area contributed by atoms with Crippen LogP contribution in [0, 0.1) is 0 Å². The highest BCUT2D eigenvalue weighted by atomic mass is 16.5. The molecule has 122 valence electrons. The second kappa shape index (κ2) is 6.20. The Morgan fingerprint density at radius 1 is 1.29 bits per heavy atom. The molecule has 2 aromatic carbocycles. The highest BCUT2D eigenvalue weighted by molar-refractivity contribution is 6.04. The molecule has 0 saturated carbocycles. The molecule has 1 heterocycles. The van der Waals surface area contributed by atoms with Gasteiger partial charge in [0.25, 0.3) is 5.56 Å². The molecule has 3 aromatic rings. The predicted octanol–water partition coefficient (Wildman–Crippen LogP) is 3.22. The highest BCUT2D eigenvalue weighted by Gasteiger charge is 2.23. The van der Waals surface area contributed by atoms with Crippen molar-refractivity contribution in [3.05, 3.63) is 65.0 Å². The lowest BCUT2D eigenvalue weighted by atomic mass is 10.0. The number of nitrogens with zero attached hydrogens (tertiary/aromatic N) is 1. The van der Waals surface area contributed by atoms with E-state index >= 15 is 0 Å². The molecule has 0 spiro atoms. The van der Waals surface area contributed by atoms with Crippen LogP contribution in [0.1, 0.15) is 17.3 Å². The van der Waals surface area contributed by atoms with Gasteiger partial charge < -0.3 is 14.4 Å². The number of carbonyl (C=O) groups excluding carboxylic acids is 1. The van der Waals surface area contributed by atoms with Gasteiger partial charge in [-0.2, -0.15) is 0 Å². The molecular formula is C19H17NO4. The Bertz CT molecular complexity index is 1020. The van der Waals surface area contributed by atoms with Gasteiger partial charge in [-0.05, 0) is 29.8 Å². The van der Waals surface area contributed by atoms with Crippen molar-refractivity contribution in [3.63, 3.8) is 0 Å². The predicted molar refractivity (Wildman–Crippen MR) is 93.5 cm³/mol. The summed E-state index contributed by atoms with van der Waals surface area (Å²) in [5, 5.41) is 12.8. The van der Waals surface area contributed by atoms with E-state index in [2.05, 4.69) is 6.58 Å².